The van der Waals surface area contributed by atoms with Crippen LogP contribution in [-0.4, -0.2) is 16.2 Å². The maximum atomic E-state index is 13.3. The van der Waals surface area contributed by atoms with Crippen LogP contribution < -0.4 is 0 Å². The van der Waals surface area contributed by atoms with Gasteiger partial charge in [0.25, 0.3) is 0 Å². The highest BCUT2D eigenvalue weighted by molar-refractivity contribution is 5.89. The van der Waals surface area contributed by atoms with Crippen molar-refractivity contribution in [3.63, 3.8) is 0 Å². The fraction of sp³-hybridized carbons (Fsp3) is 0.385. The minimum absolute atomic E-state index is 0.363. The third-order valence-corrected chi connectivity index (χ3v) is 3.75. The van der Waals surface area contributed by atoms with E-state index >= 15 is 0 Å². The number of aliphatic carboxylic acids is 1. The van der Waals surface area contributed by atoms with Crippen molar-refractivity contribution in [3.05, 3.63) is 29.7 Å². The summed E-state index contributed by atoms with van der Waals surface area (Å²) in [5, 5.41) is 13.8. The summed E-state index contributed by atoms with van der Waals surface area (Å²) in [6.07, 6.45) is 2.74. The molecule has 0 aliphatic heterocycles. The molecule has 1 aromatic carbocycles. The Morgan fingerprint density at radius 3 is 2.78 bits per heavy atom. The van der Waals surface area contributed by atoms with Crippen LogP contribution in [0.4, 0.5) is 4.39 Å². The van der Waals surface area contributed by atoms with Crippen molar-refractivity contribution in [2.45, 2.75) is 31.1 Å². The lowest BCUT2D eigenvalue weighted by atomic mass is 9.81. The van der Waals surface area contributed by atoms with Gasteiger partial charge < -0.3 is 9.63 Å². The van der Waals surface area contributed by atoms with E-state index in [1.807, 2.05) is 0 Å². The molecule has 4 nitrogen and oxygen atoms in total. The monoisotopic (exact) mass is 249 g/mol. The van der Waals surface area contributed by atoms with Crippen LogP contribution in [0.1, 0.15) is 31.4 Å². The lowest BCUT2D eigenvalue weighted by molar-refractivity contribution is -0.143. The smallest absolute Gasteiger partial charge is 0.315 e. The van der Waals surface area contributed by atoms with E-state index in [1.54, 1.807) is 0 Å². The molecule has 0 spiro atoms. The highest BCUT2D eigenvalue weighted by atomic mass is 19.1. The predicted octanol–water partition coefficient (Wildman–Crippen LogP) is 2.86. The van der Waals surface area contributed by atoms with Gasteiger partial charge in [-0.25, -0.2) is 4.39 Å². The van der Waals surface area contributed by atoms with Crippen molar-refractivity contribution in [1.29, 1.82) is 0 Å². The van der Waals surface area contributed by atoms with Crippen molar-refractivity contribution in [3.8, 4) is 0 Å². The van der Waals surface area contributed by atoms with Crippen LogP contribution in [-0.2, 0) is 10.2 Å². The Hall–Kier alpha value is -1.91. The molecular weight excluding hydrogens is 237 g/mol. The number of aromatic nitrogens is 1. The number of hydrogen-bond donors (Lipinski definition) is 1. The standard InChI is InChI=1S/C13H12FNO3/c14-8-3-4-10-9(7-8)11(15-18-10)13(12(16)17)5-1-2-6-13/h3-4,7H,1-2,5-6H2,(H,16,17). The zero-order valence-electron chi connectivity index (χ0n) is 9.65. The SMILES string of the molecule is O=C(O)C1(c2noc3ccc(F)cc23)CCCC1. The van der Waals surface area contributed by atoms with Crippen molar-refractivity contribution in [1.82, 2.24) is 5.16 Å². The summed E-state index contributed by atoms with van der Waals surface area (Å²) in [5.74, 6) is -1.31. The summed E-state index contributed by atoms with van der Waals surface area (Å²) in [5.41, 5.74) is -0.222. The first kappa shape index (κ1) is 11.2. The molecule has 1 saturated carbocycles. The summed E-state index contributed by atoms with van der Waals surface area (Å²) in [7, 11) is 0. The van der Waals surface area contributed by atoms with Gasteiger partial charge in [0.2, 0.25) is 0 Å². The molecule has 0 bridgehead atoms. The molecule has 5 heteroatoms. The van der Waals surface area contributed by atoms with Crippen LogP contribution in [0, 0.1) is 5.82 Å². The number of rotatable bonds is 2. The minimum atomic E-state index is -1.01. The Bertz CT molecular complexity index is 614. The summed E-state index contributed by atoms with van der Waals surface area (Å²) >= 11 is 0. The Labute approximate surface area is 102 Å². The van der Waals surface area contributed by atoms with Gasteiger partial charge in [0.05, 0.1) is 0 Å². The minimum Gasteiger partial charge on any atom is -0.481 e. The van der Waals surface area contributed by atoms with Crippen molar-refractivity contribution < 1.29 is 18.8 Å². The first-order valence-electron chi connectivity index (χ1n) is 5.92. The topological polar surface area (TPSA) is 63.3 Å². The summed E-state index contributed by atoms with van der Waals surface area (Å²) in [4.78, 5) is 11.6. The molecule has 1 heterocycles. The highest BCUT2D eigenvalue weighted by Crippen LogP contribution is 2.43. The molecule has 1 aliphatic rings. The summed E-state index contributed by atoms with van der Waals surface area (Å²) < 4.78 is 18.4. The molecule has 2 aromatic rings. The summed E-state index contributed by atoms with van der Waals surface area (Å²) in [6.45, 7) is 0. The number of benzene rings is 1. The van der Waals surface area contributed by atoms with E-state index in [4.69, 9.17) is 4.52 Å². The molecule has 0 atom stereocenters. The quantitative estimate of drug-likeness (QED) is 0.888. The molecule has 1 fully saturated rings. The zero-order valence-corrected chi connectivity index (χ0v) is 9.65. The van der Waals surface area contributed by atoms with Gasteiger partial charge in [-0.15, -0.1) is 0 Å². The average molecular weight is 249 g/mol. The number of halogens is 1. The Balaban J connectivity index is 2.24. The maximum absolute atomic E-state index is 13.3. The normalized spacial score (nSPS) is 18.3. The van der Waals surface area contributed by atoms with Gasteiger partial charge in [0, 0.05) is 5.39 Å². The fourth-order valence-corrected chi connectivity index (χ4v) is 2.79. The lowest BCUT2D eigenvalue weighted by Gasteiger charge is -2.20. The van der Waals surface area contributed by atoms with Gasteiger partial charge in [0.15, 0.2) is 5.58 Å². The first-order valence-corrected chi connectivity index (χ1v) is 5.92. The summed E-state index contributed by atoms with van der Waals surface area (Å²) in [6, 6.07) is 4.05. The van der Waals surface area contributed by atoms with Gasteiger partial charge in [-0.05, 0) is 31.0 Å². The van der Waals surface area contributed by atoms with E-state index in [1.165, 1.54) is 18.2 Å². The first-order chi connectivity index (χ1) is 8.63. The molecule has 94 valence electrons. The molecule has 3 rings (SSSR count). The van der Waals surface area contributed by atoms with E-state index in [0.717, 1.165) is 12.8 Å². The number of nitrogens with zero attached hydrogens (tertiary/aromatic N) is 1. The Morgan fingerprint density at radius 1 is 1.39 bits per heavy atom. The second-order valence-corrected chi connectivity index (χ2v) is 4.77. The fourth-order valence-electron chi connectivity index (χ4n) is 2.79. The van der Waals surface area contributed by atoms with E-state index in [9.17, 15) is 14.3 Å². The largest absolute Gasteiger partial charge is 0.481 e. The molecule has 0 amide bonds. The molecule has 1 aromatic heterocycles. The van der Waals surface area contributed by atoms with E-state index in [-0.39, 0.29) is 0 Å². The number of carboxylic acid groups (broad SMARTS) is 1. The lowest BCUT2D eigenvalue weighted by Crippen LogP contribution is -2.33. The van der Waals surface area contributed by atoms with E-state index in [0.29, 0.717) is 29.5 Å². The van der Waals surface area contributed by atoms with Crippen LogP contribution in [0.15, 0.2) is 22.7 Å². The molecule has 1 N–H and O–H groups in total. The second kappa shape index (κ2) is 3.80. The van der Waals surface area contributed by atoms with Crippen LogP contribution in [0.5, 0.6) is 0 Å². The van der Waals surface area contributed by atoms with Gasteiger partial charge in [-0.2, -0.15) is 0 Å². The molecule has 1 aliphatic carbocycles. The molecule has 0 saturated heterocycles. The number of fused-ring (bicyclic) bond motifs is 1. The van der Waals surface area contributed by atoms with Crippen molar-refractivity contribution in [2.75, 3.05) is 0 Å². The third kappa shape index (κ3) is 1.43. The second-order valence-electron chi connectivity index (χ2n) is 4.77. The number of carbonyl (C=O) groups is 1. The van der Waals surface area contributed by atoms with Crippen LogP contribution in [0.2, 0.25) is 0 Å². The van der Waals surface area contributed by atoms with Crippen molar-refractivity contribution in [2.24, 2.45) is 0 Å². The van der Waals surface area contributed by atoms with Crippen LogP contribution >= 0.6 is 0 Å². The van der Waals surface area contributed by atoms with Gasteiger partial charge in [0.1, 0.15) is 16.9 Å². The third-order valence-electron chi connectivity index (χ3n) is 3.75. The zero-order chi connectivity index (χ0) is 12.8. The number of hydrogen-bond acceptors (Lipinski definition) is 3. The van der Waals surface area contributed by atoms with Gasteiger partial charge in [-0.1, -0.05) is 18.0 Å². The van der Waals surface area contributed by atoms with E-state index < -0.39 is 17.2 Å². The Morgan fingerprint density at radius 2 is 2.11 bits per heavy atom. The van der Waals surface area contributed by atoms with Gasteiger partial charge >= 0.3 is 5.97 Å². The van der Waals surface area contributed by atoms with E-state index in [2.05, 4.69) is 5.16 Å². The molecule has 18 heavy (non-hydrogen) atoms. The molecular formula is C13H12FNO3. The van der Waals surface area contributed by atoms with Crippen molar-refractivity contribution >= 4 is 16.9 Å². The number of carboxylic acids is 1. The predicted molar refractivity (Wildman–Crippen MR) is 61.7 cm³/mol. The average Bonchev–Trinajstić information content (AvgIpc) is 2.94. The van der Waals surface area contributed by atoms with Gasteiger partial charge in [-0.3, -0.25) is 4.79 Å². The Kier molecular flexibility index (Phi) is 2.36. The maximum Gasteiger partial charge on any atom is 0.315 e. The molecule has 0 unspecified atom stereocenters. The van der Waals surface area contributed by atoms with Crippen LogP contribution in [0.25, 0.3) is 11.0 Å². The van der Waals surface area contributed by atoms with Crippen LogP contribution in [0.3, 0.4) is 0 Å². The highest BCUT2D eigenvalue weighted by Gasteiger charge is 2.46. The molecule has 0 radical (unpaired) electrons.